The Balaban J connectivity index is 3.65. The molecule has 0 aliphatic heterocycles. The highest BCUT2D eigenvalue weighted by molar-refractivity contribution is 5.72. The first kappa shape index (κ1) is 12.4. The van der Waals surface area contributed by atoms with E-state index in [9.17, 15) is 4.79 Å². The van der Waals surface area contributed by atoms with Gasteiger partial charge in [0, 0.05) is 6.54 Å². The Morgan fingerprint density at radius 1 is 1.62 bits per heavy atom. The highest BCUT2D eigenvalue weighted by Crippen LogP contribution is 2.06. The minimum atomic E-state index is -0.980. The molecule has 0 saturated heterocycles. The third-order valence-electron chi connectivity index (χ3n) is 1.85. The first-order valence-corrected chi connectivity index (χ1v) is 4.66. The van der Waals surface area contributed by atoms with Gasteiger partial charge in [0.15, 0.2) is 6.10 Å². The molecule has 13 heavy (non-hydrogen) atoms. The van der Waals surface area contributed by atoms with E-state index in [0.717, 1.165) is 12.8 Å². The average molecular weight is 189 g/mol. The number of rotatable bonds is 7. The van der Waals surface area contributed by atoms with Gasteiger partial charge in [0.1, 0.15) is 0 Å². The van der Waals surface area contributed by atoms with Crippen LogP contribution >= 0.6 is 0 Å². The Morgan fingerprint density at radius 3 is 2.62 bits per heavy atom. The lowest BCUT2D eigenvalue weighted by atomic mass is 10.1. The SMILES string of the molecule is CCCC(C)COC(CN)C(=O)O. The summed E-state index contributed by atoms with van der Waals surface area (Å²) in [5.41, 5.74) is 5.23. The molecule has 0 saturated carbocycles. The van der Waals surface area contributed by atoms with Crippen molar-refractivity contribution < 1.29 is 14.6 Å². The Labute approximate surface area is 79.1 Å². The van der Waals surface area contributed by atoms with E-state index in [1.807, 2.05) is 6.92 Å². The summed E-state index contributed by atoms with van der Waals surface area (Å²) in [4.78, 5) is 10.5. The summed E-state index contributed by atoms with van der Waals surface area (Å²) in [6.45, 7) is 4.64. The molecule has 0 aromatic carbocycles. The number of nitrogens with two attached hydrogens (primary N) is 1. The number of hydrogen-bond donors (Lipinski definition) is 2. The van der Waals surface area contributed by atoms with Gasteiger partial charge in [0.05, 0.1) is 6.61 Å². The first-order valence-electron chi connectivity index (χ1n) is 4.66. The van der Waals surface area contributed by atoms with Crippen molar-refractivity contribution in [3.05, 3.63) is 0 Å². The molecule has 0 bridgehead atoms. The molecule has 0 spiro atoms. The van der Waals surface area contributed by atoms with Gasteiger partial charge >= 0.3 is 5.97 Å². The zero-order valence-corrected chi connectivity index (χ0v) is 8.32. The monoisotopic (exact) mass is 189 g/mol. The number of ether oxygens (including phenoxy) is 1. The predicted octanol–water partition coefficient (Wildman–Crippen LogP) is 0.851. The van der Waals surface area contributed by atoms with Crippen molar-refractivity contribution >= 4 is 5.97 Å². The Kier molecular flexibility index (Phi) is 6.54. The quantitative estimate of drug-likeness (QED) is 0.622. The van der Waals surface area contributed by atoms with Gasteiger partial charge < -0.3 is 15.6 Å². The fraction of sp³-hybridized carbons (Fsp3) is 0.889. The molecule has 2 atom stereocenters. The van der Waals surface area contributed by atoms with Crippen molar-refractivity contribution in [2.75, 3.05) is 13.2 Å². The van der Waals surface area contributed by atoms with Crippen molar-refractivity contribution in [1.29, 1.82) is 0 Å². The molecule has 0 fully saturated rings. The molecule has 0 aromatic heterocycles. The molecule has 0 radical (unpaired) electrons. The lowest BCUT2D eigenvalue weighted by molar-refractivity contribution is -0.150. The van der Waals surface area contributed by atoms with Crippen LogP contribution in [0.2, 0.25) is 0 Å². The second kappa shape index (κ2) is 6.86. The molecule has 0 aliphatic carbocycles. The first-order chi connectivity index (χ1) is 6.11. The summed E-state index contributed by atoms with van der Waals surface area (Å²) in [7, 11) is 0. The molecule has 0 amide bonds. The zero-order valence-electron chi connectivity index (χ0n) is 8.32. The van der Waals surface area contributed by atoms with E-state index in [-0.39, 0.29) is 6.54 Å². The molecule has 0 aromatic rings. The summed E-state index contributed by atoms with van der Waals surface area (Å²) >= 11 is 0. The Morgan fingerprint density at radius 2 is 2.23 bits per heavy atom. The van der Waals surface area contributed by atoms with E-state index in [4.69, 9.17) is 15.6 Å². The van der Waals surface area contributed by atoms with Crippen LogP contribution < -0.4 is 5.73 Å². The smallest absolute Gasteiger partial charge is 0.334 e. The van der Waals surface area contributed by atoms with Crippen molar-refractivity contribution in [1.82, 2.24) is 0 Å². The fourth-order valence-electron chi connectivity index (χ4n) is 1.10. The van der Waals surface area contributed by atoms with Crippen LogP contribution in [0.1, 0.15) is 26.7 Å². The standard InChI is InChI=1S/C9H19NO3/c1-3-4-7(2)6-13-8(5-10)9(11)12/h7-8H,3-6,10H2,1-2H3,(H,11,12). The molecular formula is C9H19NO3. The maximum absolute atomic E-state index is 10.5. The van der Waals surface area contributed by atoms with Crippen LogP contribution in [0.3, 0.4) is 0 Å². The van der Waals surface area contributed by atoms with Crippen LogP contribution in [0, 0.1) is 5.92 Å². The van der Waals surface area contributed by atoms with Crippen LogP contribution in [-0.4, -0.2) is 30.3 Å². The molecule has 3 N–H and O–H groups in total. The van der Waals surface area contributed by atoms with E-state index in [1.54, 1.807) is 0 Å². The van der Waals surface area contributed by atoms with Crippen molar-refractivity contribution in [3.8, 4) is 0 Å². The number of hydrogen-bond acceptors (Lipinski definition) is 3. The van der Waals surface area contributed by atoms with Crippen LogP contribution in [0.25, 0.3) is 0 Å². The molecule has 0 heterocycles. The average Bonchev–Trinajstić information content (AvgIpc) is 2.05. The fourth-order valence-corrected chi connectivity index (χ4v) is 1.10. The summed E-state index contributed by atoms with van der Waals surface area (Å²) in [5, 5.41) is 8.61. The van der Waals surface area contributed by atoms with E-state index >= 15 is 0 Å². The van der Waals surface area contributed by atoms with Crippen LogP contribution in [-0.2, 0) is 9.53 Å². The van der Waals surface area contributed by atoms with Crippen molar-refractivity contribution in [2.24, 2.45) is 11.7 Å². The lowest BCUT2D eigenvalue weighted by Crippen LogP contribution is -2.33. The van der Waals surface area contributed by atoms with E-state index < -0.39 is 12.1 Å². The van der Waals surface area contributed by atoms with Crippen molar-refractivity contribution in [2.45, 2.75) is 32.8 Å². The lowest BCUT2D eigenvalue weighted by Gasteiger charge is -2.15. The normalized spacial score (nSPS) is 15.3. The molecular weight excluding hydrogens is 170 g/mol. The summed E-state index contributed by atoms with van der Waals surface area (Å²) in [6.07, 6.45) is 1.29. The second-order valence-corrected chi connectivity index (χ2v) is 3.29. The van der Waals surface area contributed by atoms with E-state index in [2.05, 4.69) is 6.92 Å². The third kappa shape index (κ3) is 5.60. The molecule has 78 valence electrons. The van der Waals surface area contributed by atoms with E-state index in [0.29, 0.717) is 12.5 Å². The number of aliphatic carboxylic acids is 1. The predicted molar refractivity (Wildman–Crippen MR) is 50.5 cm³/mol. The van der Waals surface area contributed by atoms with Gasteiger partial charge in [-0.2, -0.15) is 0 Å². The van der Waals surface area contributed by atoms with Gasteiger partial charge in [-0.25, -0.2) is 4.79 Å². The molecule has 4 nitrogen and oxygen atoms in total. The number of carboxylic acid groups (broad SMARTS) is 1. The Hall–Kier alpha value is -0.610. The van der Waals surface area contributed by atoms with Crippen LogP contribution in [0.15, 0.2) is 0 Å². The maximum Gasteiger partial charge on any atom is 0.334 e. The van der Waals surface area contributed by atoms with Crippen LogP contribution in [0.4, 0.5) is 0 Å². The largest absolute Gasteiger partial charge is 0.479 e. The minimum absolute atomic E-state index is 0.0359. The van der Waals surface area contributed by atoms with Gasteiger partial charge in [-0.15, -0.1) is 0 Å². The zero-order chi connectivity index (χ0) is 10.3. The highest BCUT2D eigenvalue weighted by Gasteiger charge is 2.16. The maximum atomic E-state index is 10.5. The summed E-state index contributed by atoms with van der Waals surface area (Å²) in [6, 6.07) is 0. The Bertz CT molecular complexity index is 150. The topological polar surface area (TPSA) is 72.5 Å². The summed E-state index contributed by atoms with van der Waals surface area (Å²) < 4.78 is 5.14. The van der Waals surface area contributed by atoms with Crippen LogP contribution in [0.5, 0.6) is 0 Å². The second-order valence-electron chi connectivity index (χ2n) is 3.29. The molecule has 2 unspecified atom stereocenters. The molecule has 4 heteroatoms. The van der Waals surface area contributed by atoms with Crippen molar-refractivity contribution in [3.63, 3.8) is 0 Å². The summed E-state index contributed by atoms with van der Waals surface area (Å²) in [5.74, 6) is -0.579. The third-order valence-corrected chi connectivity index (χ3v) is 1.85. The van der Waals surface area contributed by atoms with Gasteiger partial charge in [-0.05, 0) is 12.3 Å². The van der Waals surface area contributed by atoms with Gasteiger partial charge in [-0.1, -0.05) is 20.3 Å². The van der Waals surface area contributed by atoms with Gasteiger partial charge in [-0.3, -0.25) is 0 Å². The number of carboxylic acids is 1. The number of carbonyl (C=O) groups is 1. The van der Waals surface area contributed by atoms with Gasteiger partial charge in [0.2, 0.25) is 0 Å². The highest BCUT2D eigenvalue weighted by atomic mass is 16.5. The minimum Gasteiger partial charge on any atom is -0.479 e. The van der Waals surface area contributed by atoms with Gasteiger partial charge in [0.25, 0.3) is 0 Å². The molecule has 0 rings (SSSR count). The molecule has 0 aliphatic rings. The van der Waals surface area contributed by atoms with E-state index in [1.165, 1.54) is 0 Å².